The van der Waals surface area contributed by atoms with Crippen LogP contribution >= 0.6 is 0 Å². The minimum atomic E-state index is 1.16. The lowest BCUT2D eigenvalue weighted by Crippen LogP contribution is -2.07. The molecule has 1 N–H and O–H groups in total. The second kappa shape index (κ2) is 7.87. The SMILES string of the molecule is C1CCNC1.C=C/C(=C\C)N(C)C. The zero-order valence-electron chi connectivity index (χ0n) is 9.14. The van der Waals surface area contributed by atoms with Gasteiger partial charge in [0.05, 0.1) is 0 Å². The third kappa shape index (κ3) is 6.41. The highest BCUT2D eigenvalue weighted by Crippen LogP contribution is 1.96. The van der Waals surface area contributed by atoms with Crippen LogP contribution in [0.5, 0.6) is 0 Å². The van der Waals surface area contributed by atoms with Crippen LogP contribution in [0.3, 0.4) is 0 Å². The Morgan fingerprint density at radius 1 is 1.31 bits per heavy atom. The molecule has 2 nitrogen and oxygen atoms in total. The molecule has 0 radical (unpaired) electrons. The summed E-state index contributed by atoms with van der Waals surface area (Å²) in [6.07, 6.45) is 6.63. The van der Waals surface area contributed by atoms with Gasteiger partial charge in [-0.1, -0.05) is 12.7 Å². The summed E-state index contributed by atoms with van der Waals surface area (Å²) in [5.74, 6) is 0. The Bertz CT molecular complexity index is 148. The average molecular weight is 182 g/mol. The Morgan fingerprint density at radius 2 is 1.85 bits per heavy atom. The molecule has 0 aliphatic carbocycles. The van der Waals surface area contributed by atoms with Crippen LogP contribution in [-0.2, 0) is 0 Å². The summed E-state index contributed by atoms with van der Waals surface area (Å²) in [5, 5.41) is 3.22. The van der Waals surface area contributed by atoms with Crippen LogP contribution in [0.25, 0.3) is 0 Å². The third-order valence-electron chi connectivity index (χ3n) is 1.98. The molecule has 13 heavy (non-hydrogen) atoms. The van der Waals surface area contributed by atoms with Crippen LogP contribution in [0, 0.1) is 0 Å². The van der Waals surface area contributed by atoms with Crippen LogP contribution in [0.1, 0.15) is 19.8 Å². The maximum Gasteiger partial charge on any atom is 0.0311 e. The highest BCUT2D eigenvalue weighted by Gasteiger charge is 1.93. The van der Waals surface area contributed by atoms with Crippen LogP contribution in [0.15, 0.2) is 24.4 Å². The Labute approximate surface area is 82.3 Å². The number of nitrogens with one attached hydrogen (secondary N) is 1. The van der Waals surface area contributed by atoms with E-state index in [1.54, 1.807) is 0 Å². The lowest BCUT2D eigenvalue weighted by atomic mass is 10.4. The molecule has 0 aromatic carbocycles. The molecule has 1 rings (SSSR count). The zero-order chi connectivity index (χ0) is 10.1. The quantitative estimate of drug-likeness (QED) is 0.657. The molecule has 0 saturated carbocycles. The van der Waals surface area contributed by atoms with Gasteiger partial charge in [0.15, 0.2) is 0 Å². The highest BCUT2D eigenvalue weighted by atomic mass is 15.1. The number of nitrogens with zero attached hydrogens (tertiary/aromatic N) is 1. The summed E-state index contributed by atoms with van der Waals surface area (Å²) in [6.45, 7) is 8.14. The summed E-state index contributed by atoms with van der Waals surface area (Å²) in [7, 11) is 3.99. The van der Waals surface area contributed by atoms with Crippen molar-refractivity contribution in [3.8, 4) is 0 Å². The molecule has 1 saturated heterocycles. The van der Waals surface area contributed by atoms with E-state index in [2.05, 4.69) is 11.9 Å². The minimum Gasteiger partial charge on any atom is -0.378 e. The van der Waals surface area contributed by atoms with Crippen LogP contribution in [-0.4, -0.2) is 32.1 Å². The van der Waals surface area contributed by atoms with Gasteiger partial charge in [-0.15, -0.1) is 0 Å². The van der Waals surface area contributed by atoms with Gasteiger partial charge in [-0.2, -0.15) is 0 Å². The van der Waals surface area contributed by atoms with Crippen molar-refractivity contribution in [3.63, 3.8) is 0 Å². The van der Waals surface area contributed by atoms with Crippen molar-refractivity contribution < 1.29 is 0 Å². The number of rotatable bonds is 2. The standard InChI is InChI=1S/C7H13N.C4H9N/c1-5-7(6-2)8(3)4;1-2-4-5-3-1/h5-6H,1H2,2-4H3;5H,1-4H2/b7-6+;. The molecule has 0 amide bonds. The van der Waals surface area contributed by atoms with Gasteiger partial charge in [0.25, 0.3) is 0 Å². The van der Waals surface area contributed by atoms with E-state index in [0.717, 1.165) is 5.70 Å². The zero-order valence-corrected chi connectivity index (χ0v) is 9.14. The van der Waals surface area contributed by atoms with E-state index in [1.165, 1.54) is 25.9 Å². The van der Waals surface area contributed by atoms with Gasteiger partial charge in [0.2, 0.25) is 0 Å². The van der Waals surface area contributed by atoms with Crippen molar-refractivity contribution in [2.75, 3.05) is 27.2 Å². The number of hydrogen-bond acceptors (Lipinski definition) is 2. The van der Waals surface area contributed by atoms with Gasteiger partial charge in [-0.3, -0.25) is 0 Å². The van der Waals surface area contributed by atoms with E-state index in [9.17, 15) is 0 Å². The van der Waals surface area contributed by atoms with E-state index < -0.39 is 0 Å². The summed E-state index contributed by atoms with van der Waals surface area (Å²) >= 11 is 0. The maximum absolute atomic E-state index is 3.64. The first-order valence-electron chi connectivity index (χ1n) is 4.89. The Balaban J connectivity index is 0.000000243. The van der Waals surface area contributed by atoms with Gasteiger partial charge in [0, 0.05) is 19.8 Å². The van der Waals surface area contributed by atoms with Gasteiger partial charge < -0.3 is 10.2 Å². The third-order valence-corrected chi connectivity index (χ3v) is 1.98. The van der Waals surface area contributed by atoms with E-state index >= 15 is 0 Å². The molecule has 1 fully saturated rings. The average Bonchev–Trinajstić information content (AvgIpc) is 2.62. The lowest BCUT2D eigenvalue weighted by molar-refractivity contribution is 0.529. The molecule has 0 spiro atoms. The minimum absolute atomic E-state index is 1.16. The van der Waals surface area contributed by atoms with Crippen molar-refractivity contribution in [1.29, 1.82) is 0 Å². The molecular formula is C11H22N2. The fourth-order valence-corrected chi connectivity index (χ4v) is 1.18. The summed E-state index contributed by atoms with van der Waals surface area (Å²) < 4.78 is 0. The number of likely N-dealkylation sites (N-methyl/N-ethyl adjacent to an activating group) is 1. The first-order chi connectivity index (χ1) is 6.22. The smallest absolute Gasteiger partial charge is 0.0311 e. The second-order valence-electron chi connectivity index (χ2n) is 3.27. The number of hydrogen-bond donors (Lipinski definition) is 1. The monoisotopic (exact) mass is 182 g/mol. The Hall–Kier alpha value is -0.760. The molecule has 1 aliphatic rings. The lowest BCUT2D eigenvalue weighted by Gasteiger charge is -2.11. The maximum atomic E-state index is 3.64. The second-order valence-corrected chi connectivity index (χ2v) is 3.27. The Morgan fingerprint density at radius 3 is 1.92 bits per heavy atom. The van der Waals surface area contributed by atoms with Gasteiger partial charge in [0.1, 0.15) is 0 Å². The van der Waals surface area contributed by atoms with Crippen LogP contribution in [0.2, 0.25) is 0 Å². The fraction of sp³-hybridized carbons (Fsp3) is 0.636. The number of allylic oxidation sites excluding steroid dienone is 2. The van der Waals surface area contributed by atoms with Gasteiger partial charge >= 0.3 is 0 Å². The molecule has 76 valence electrons. The van der Waals surface area contributed by atoms with E-state index in [4.69, 9.17) is 0 Å². The van der Waals surface area contributed by atoms with Gasteiger partial charge in [-0.25, -0.2) is 0 Å². The van der Waals surface area contributed by atoms with Crippen molar-refractivity contribution >= 4 is 0 Å². The molecule has 2 heteroatoms. The van der Waals surface area contributed by atoms with Crippen molar-refractivity contribution in [3.05, 3.63) is 24.4 Å². The molecule has 0 atom stereocenters. The Kier molecular flexibility index (Phi) is 7.41. The first kappa shape index (κ1) is 12.2. The topological polar surface area (TPSA) is 15.3 Å². The molecule has 0 unspecified atom stereocenters. The predicted octanol–water partition coefficient (Wildman–Crippen LogP) is 2.01. The molecular weight excluding hydrogens is 160 g/mol. The molecule has 1 aliphatic heterocycles. The van der Waals surface area contributed by atoms with Crippen molar-refractivity contribution in [2.24, 2.45) is 0 Å². The summed E-state index contributed by atoms with van der Waals surface area (Å²) in [5.41, 5.74) is 1.16. The fourth-order valence-electron chi connectivity index (χ4n) is 1.18. The first-order valence-corrected chi connectivity index (χ1v) is 4.89. The van der Waals surface area contributed by atoms with E-state index in [1.807, 2.05) is 38.1 Å². The molecule has 0 aromatic rings. The molecule has 0 aromatic heterocycles. The van der Waals surface area contributed by atoms with Gasteiger partial charge in [-0.05, 0) is 38.9 Å². The molecule has 0 bridgehead atoms. The van der Waals surface area contributed by atoms with E-state index in [-0.39, 0.29) is 0 Å². The molecule has 1 heterocycles. The van der Waals surface area contributed by atoms with E-state index in [0.29, 0.717) is 0 Å². The van der Waals surface area contributed by atoms with Crippen LogP contribution < -0.4 is 5.32 Å². The van der Waals surface area contributed by atoms with Crippen LogP contribution in [0.4, 0.5) is 0 Å². The normalized spacial score (nSPS) is 16.1. The predicted molar refractivity (Wildman–Crippen MR) is 59.7 cm³/mol. The summed E-state index contributed by atoms with van der Waals surface area (Å²) in [6, 6.07) is 0. The highest BCUT2D eigenvalue weighted by molar-refractivity contribution is 5.12. The largest absolute Gasteiger partial charge is 0.378 e. The van der Waals surface area contributed by atoms with Crippen molar-refractivity contribution in [2.45, 2.75) is 19.8 Å². The summed E-state index contributed by atoms with van der Waals surface area (Å²) in [4.78, 5) is 2.02. The van der Waals surface area contributed by atoms with Crippen molar-refractivity contribution in [1.82, 2.24) is 10.2 Å².